The van der Waals surface area contributed by atoms with Gasteiger partial charge in [0.05, 0.1) is 0 Å². The lowest BCUT2D eigenvalue weighted by Gasteiger charge is -2.22. The average Bonchev–Trinajstić information content (AvgIpc) is 2.36. The monoisotopic (exact) mass is 277 g/mol. The van der Waals surface area contributed by atoms with Gasteiger partial charge in [0.15, 0.2) is 0 Å². The first-order chi connectivity index (χ1) is 9.35. The maximum Gasteiger partial charge on any atom is 0.144 e. The molecule has 1 aromatic carbocycles. The van der Waals surface area contributed by atoms with Crippen molar-refractivity contribution in [3.63, 3.8) is 0 Å². The number of benzene rings is 1. The van der Waals surface area contributed by atoms with Crippen LogP contribution < -0.4 is 11.1 Å². The molecule has 0 amide bonds. The lowest BCUT2D eigenvalue weighted by atomic mass is 9.86. The van der Waals surface area contributed by atoms with Crippen LogP contribution >= 0.6 is 0 Å². The quantitative estimate of drug-likeness (QED) is 0.234. The number of nitrogens with zero attached hydrogens (tertiary/aromatic N) is 1. The molecule has 0 saturated heterocycles. The minimum absolute atomic E-state index is 0.241. The Hall–Kier alpha value is -1.71. The molecule has 0 heterocycles. The molecular formula is C16H27N3O. The van der Waals surface area contributed by atoms with Gasteiger partial charge in [0, 0.05) is 17.6 Å². The van der Waals surface area contributed by atoms with Crippen LogP contribution in [-0.4, -0.2) is 17.6 Å². The van der Waals surface area contributed by atoms with Crippen LogP contribution in [-0.2, 0) is 0 Å². The predicted molar refractivity (Wildman–Crippen MR) is 85.4 cm³/mol. The third-order valence-electron chi connectivity index (χ3n) is 3.58. The first kappa shape index (κ1) is 16.3. The van der Waals surface area contributed by atoms with E-state index in [1.54, 1.807) is 0 Å². The summed E-state index contributed by atoms with van der Waals surface area (Å²) in [6.07, 6.45) is 3.02. The second-order valence-electron chi connectivity index (χ2n) is 6.13. The summed E-state index contributed by atoms with van der Waals surface area (Å²) in [5, 5.41) is 15.3. The fourth-order valence-electron chi connectivity index (χ4n) is 2.26. The highest BCUT2D eigenvalue weighted by atomic mass is 16.4. The number of oxime groups is 1. The van der Waals surface area contributed by atoms with Crippen LogP contribution in [0.5, 0.6) is 0 Å². The predicted octanol–water partition coefficient (Wildman–Crippen LogP) is 3.66. The number of nitrogens with two attached hydrogens (primary N) is 1. The van der Waals surface area contributed by atoms with Gasteiger partial charge in [0.25, 0.3) is 0 Å². The highest BCUT2D eigenvalue weighted by molar-refractivity contribution is 5.85. The number of aryl methyl sites for hydroxylation is 2. The third kappa shape index (κ3) is 5.11. The number of amidine groups is 1. The normalized spacial score (nSPS) is 12.5. The summed E-state index contributed by atoms with van der Waals surface area (Å²) in [6.45, 7) is 9.16. The molecule has 0 fully saturated rings. The molecule has 0 spiro atoms. The third-order valence-corrected chi connectivity index (χ3v) is 3.58. The Kier molecular flexibility index (Phi) is 5.86. The maximum absolute atomic E-state index is 8.72. The van der Waals surface area contributed by atoms with E-state index in [2.05, 4.69) is 42.5 Å². The van der Waals surface area contributed by atoms with Crippen molar-refractivity contribution in [1.29, 1.82) is 0 Å². The Morgan fingerprint density at radius 1 is 1.20 bits per heavy atom. The van der Waals surface area contributed by atoms with Crippen LogP contribution in [0.1, 0.15) is 44.2 Å². The van der Waals surface area contributed by atoms with Crippen molar-refractivity contribution in [3.05, 3.63) is 29.3 Å². The summed E-state index contributed by atoms with van der Waals surface area (Å²) in [7, 11) is 0. The van der Waals surface area contributed by atoms with Crippen molar-refractivity contribution < 1.29 is 5.21 Å². The average molecular weight is 277 g/mol. The fraction of sp³-hybridized carbons (Fsp3) is 0.562. The highest BCUT2D eigenvalue weighted by Gasteiger charge is 2.22. The smallest absolute Gasteiger partial charge is 0.144 e. The Morgan fingerprint density at radius 3 is 2.35 bits per heavy atom. The van der Waals surface area contributed by atoms with Crippen LogP contribution in [0.15, 0.2) is 23.4 Å². The van der Waals surface area contributed by atoms with Gasteiger partial charge in [0.2, 0.25) is 0 Å². The first-order valence-corrected chi connectivity index (χ1v) is 7.15. The van der Waals surface area contributed by atoms with E-state index >= 15 is 0 Å². The Morgan fingerprint density at radius 2 is 1.80 bits per heavy atom. The van der Waals surface area contributed by atoms with Gasteiger partial charge in [-0.3, -0.25) is 0 Å². The first-order valence-electron chi connectivity index (χ1n) is 7.15. The van der Waals surface area contributed by atoms with Gasteiger partial charge < -0.3 is 16.3 Å². The molecule has 0 aliphatic carbocycles. The van der Waals surface area contributed by atoms with Gasteiger partial charge in [-0.05, 0) is 49.9 Å². The van der Waals surface area contributed by atoms with Gasteiger partial charge in [-0.25, -0.2) is 0 Å². The summed E-state index contributed by atoms with van der Waals surface area (Å²) in [5.74, 6) is 0.305. The van der Waals surface area contributed by atoms with Gasteiger partial charge in [-0.2, -0.15) is 0 Å². The molecule has 0 aliphatic rings. The van der Waals surface area contributed by atoms with Crippen LogP contribution in [0.3, 0.4) is 0 Å². The van der Waals surface area contributed by atoms with Gasteiger partial charge in [-0.15, -0.1) is 0 Å². The van der Waals surface area contributed by atoms with Crippen molar-refractivity contribution in [2.24, 2.45) is 16.3 Å². The standard InChI is InChI=1S/C16H27N3O/c1-12-9-13(2)11-14(10-12)18-8-6-5-7-16(3,4)15(17)19-20/h9-11,18,20H,5-8H2,1-4H3,(H2,17,19). The fourth-order valence-corrected chi connectivity index (χ4v) is 2.26. The molecule has 4 heteroatoms. The van der Waals surface area contributed by atoms with Crippen LogP contribution in [0.2, 0.25) is 0 Å². The Balaban J connectivity index is 2.32. The van der Waals surface area contributed by atoms with E-state index in [9.17, 15) is 0 Å². The summed E-state index contributed by atoms with van der Waals surface area (Å²) in [4.78, 5) is 0. The molecular weight excluding hydrogens is 250 g/mol. The molecule has 20 heavy (non-hydrogen) atoms. The summed E-state index contributed by atoms with van der Waals surface area (Å²) in [5.41, 5.74) is 9.17. The van der Waals surface area contributed by atoms with E-state index in [0.29, 0.717) is 5.84 Å². The minimum atomic E-state index is -0.241. The molecule has 0 aromatic heterocycles. The molecule has 1 rings (SSSR count). The van der Waals surface area contributed by atoms with E-state index in [1.165, 1.54) is 16.8 Å². The van der Waals surface area contributed by atoms with E-state index in [4.69, 9.17) is 10.9 Å². The molecule has 1 aromatic rings. The zero-order valence-electron chi connectivity index (χ0n) is 13.0. The topological polar surface area (TPSA) is 70.6 Å². The van der Waals surface area contributed by atoms with E-state index in [0.717, 1.165) is 25.8 Å². The highest BCUT2D eigenvalue weighted by Crippen LogP contribution is 2.23. The Labute approximate surface area is 122 Å². The van der Waals surface area contributed by atoms with Gasteiger partial charge >= 0.3 is 0 Å². The second kappa shape index (κ2) is 7.17. The minimum Gasteiger partial charge on any atom is -0.409 e. The van der Waals surface area contributed by atoms with Crippen molar-refractivity contribution in [2.75, 3.05) is 11.9 Å². The molecule has 0 atom stereocenters. The van der Waals surface area contributed by atoms with Crippen molar-refractivity contribution in [3.8, 4) is 0 Å². The second-order valence-corrected chi connectivity index (χ2v) is 6.13. The lowest BCUT2D eigenvalue weighted by Crippen LogP contribution is -2.31. The molecule has 4 N–H and O–H groups in total. The zero-order chi connectivity index (χ0) is 15.2. The zero-order valence-corrected chi connectivity index (χ0v) is 13.0. The summed E-state index contributed by atoms with van der Waals surface area (Å²) in [6, 6.07) is 6.49. The number of hydrogen-bond acceptors (Lipinski definition) is 3. The summed E-state index contributed by atoms with van der Waals surface area (Å²) < 4.78 is 0. The van der Waals surface area contributed by atoms with Gasteiger partial charge in [-0.1, -0.05) is 31.5 Å². The van der Waals surface area contributed by atoms with Crippen molar-refractivity contribution in [1.82, 2.24) is 0 Å². The molecule has 0 aliphatic heterocycles. The maximum atomic E-state index is 8.72. The van der Waals surface area contributed by atoms with Crippen LogP contribution in [0.4, 0.5) is 5.69 Å². The molecule has 0 radical (unpaired) electrons. The van der Waals surface area contributed by atoms with Crippen molar-refractivity contribution in [2.45, 2.75) is 47.0 Å². The van der Waals surface area contributed by atoms with Crippen molar-refractivity contribution >= 4 is 11.5 Å². The summed E-state index contributed by atoms with van der Waals surface area (Å²) >= 11 is 0. The van der Waals surface area contributed by atoms with Crippen LogP contribution in [0.25, 0.3) is 0 Å². The number of anilines is 1. The number of rotatable bonds is 7. The molecule has 0 bridgehead atoms. The largest absolute Gasteiger partial charge is 0.409 e. The van der Waals surface area contributed by atoms with E-state index in [1.807, 2.05) is 13.8 Å². The number of unbranched alkanes of at least 4 members (excludes halogenated alkanes) is 1. The number of nitrogens with one attached hydrogen (secondary N) is 1. The Bertz CT molecular complexity index is 447. The van der Waals surface area contributed by atoms with Crippen LogP contribution in [0, 0.1) is 19.3 Å². The molecule has 0 saturated carbocycles. The van der Waals surface area contributed by atoms with E-state index in [-0.39, 0.29) is 5.41 Å². The SMILES string of the molecule is Cc1cc(C)cc(NCCCCC(C)(C)/C(N)=N/O)c1. The molecule has 0 unspecified atom stereocenters. The number of hydrogen-bond donors (Lipinski definition) is 3. The van der Waals surface area contributed by atoms with E-state index < -0.39 is 0 Å². The molecule has 4 nitrogen and oxygen atoms in total. The van der Waals surface area contributed by atoms with Gasteiger partial charge in [0.1, 0.15) is 5.84 Å². The molecule has 112 valence electrons. The lowest BCUT2D eigenvalue weighted by molar-refractivity contribution is 0.304.